The molecule has 0 bridgehead atoms. The van der Waals surface area contributed by atoms with Crippen LogP contribution in [0.4, 0.5) is 0 Å². The molecule has 0 amide bonds. The predicted molar refractivity (Wildman–Crippen MR) is 61.9 cm³/mol. The highest BCUT2D eigenvalue weighted by molar-refractivity contribution is 5.07. The van der Waals surface area contributed by atoms with Crippen molar-refractivity contribution < 1.29 is 0 Å². The molecule has 0 aromatic heterocycles. The van der Waals surface area contributed by atoms with E-state index >= 15 is 0 Å². The quantitative estimate of drug-likeness (QED) is 0.490. The summed E-state index contributed by atoms with van der Waals surface area (Å²) in [6, 6.07) is 0. The maximum Gasteiger partial charge on any atom is -0.0139 e. The van der Waals surface area contributed by atoms with Crippen molar-refractivity contribution in [2.75, 3.05) is 0 Å². The fraction of sp³-hybridized carbons (Fsp3) is 0.692. The second kappa shape index (κ2) is 8.10. The molecule has 0 aliphatic heterocycles. The van der Waals surface area contributed by atoms with Crippen LogP contribution in [0.1, 0.15) is 59.3 Å². The van der Waals surface area contributed by atoms with E-state index in [-0.39, 0.29) is 0 Å². The minimum atomic E-state index is 1.09. The molecule has 0 radical (unpaired) electrons. The van der Waals surface area contributed by atoms with Gasteiger partial charge in [-0.05, 0) is 32.6 Å². The second-order valence-electron chi connectivity index (χ2n) is 3.86. The number of unbranched alkanes of at least 4 members (excludes halogenated alkanes) is 1. The van der Waals surface area contributed by atoms with E-state index < -0.39 is 0 Å². The highest BCUT2D eigenvalue weighted by Crippen LogP contribution is 2.12. The lowest BCUT2D eigenvalue weighted by Gasteiger charge is -2.02. The fourth-order valence-corrected chi connectivity index (χ4v) is 1.34. The summed E-state index contributed by atoms with van der Waals surface area (Å²) < 4.78 is 0. The van der Waals surface area contributed by atoms with Crippen LogP contribution in [-0.4, -0.2) is 0 Å². The van der Waals surface area contributed by atoms with Crippen LogP contribution in [0.15, 0.2) is 23.8 Å². The van der Waals surface area contributed by atoms with Gasteiger partial charge in [-0.1, -0.05) is 50.5 Å². The average Bonchev–Trinajstić information content (AvgIpc) is 2.12. The fourth-order valence-electron chi connectivity index (χ4n) is 1.34. The molecule has 0 N–H and O–H groups in total. The summed E-state index contributed by atoms with van der Waals surface area (Å²) in [4.78, 5) is 0. The summed E-state index contributed by atoms with van der Waals surface area (Å²) in [7, 11) is 0. The molecule has 13 heavy (non-hydrogen) atoms. The van der Waals surface area contributed by atoms with Crippen LogP contribution in [0.25, 0.3) is 0 Å². The van der Waals surface area contributed by atoms with Gasteiger partial charge in [-0.2, -0.15) is 0 Å². The molecule has 0 atom stereocenters. The molecule has 0 heterocycles. The molecule has 0 rings (SSSR count). The molecule has 0 spiro atoms. The lowest BCUT2D eigenvalue weighted by molar-refractivity contribution is 0.776. The van der Waals surface area contributed by atoms with Crippen molar-refractivity contribution in [1.82, 2.24) is 0 Å². The van der Waals surface area contributed by atoms with Gasteiger partial charge in [-0.25, -0.2) is 0 Å². The first kappa shape index (κ1) is 12.5. The number of hydrogen-bond acceptors (Lipinski definition) is 0. The Morgan fingerprint density at radius 3 is 2.38 bits per heavy atom. The Balaban J connectivity index is 3.60. The zero-order chi connectivity index (χ0) is 10.1. The molecular weight excluding hydrogens is 156 g/mol. The third-order valence-electron chi connectivity index (χ3n) is 2.27. The maximum atomic E-state index is 4.08. The monoisotopic (exact) mass is 180 g/mol. The van der Waals surface area contributed by atoms with Gasteiger partial charge in [0.1, 0.15) is 0 Å². The van der Waals surface area contributed by atoms with Crippen molar-refractivity contribution >= 4 is 0 Å². The van der Waals surface area contributed by atoms with Gasteiger partial charge in [0.15, 0.2) is 0 Å². The van der Waals surface area contributed by atoms with Gasteiger partial charge in [-0.15, -0.1) is 0 Å². The minimum Gasteiger partial charge on any atom is -0.0995 e. The predicted octanol–water partition coefficient (Wildman–Crippen LogP) is 4.87. The Morgan fingerprint density at radius 1 is 1.15 bits per heavy atom. The standard InChI is InChI=1S/C13H24/c1-5-7-9-13(4)11-10-12(3)8-6-2/h10H,4-9,11H2,1-3H3. The molecule has 0 heteroatoms. The van der Waals surface area contributed by atoms with Crippen LogP contribution >= 0.6 is 0 Å². The van der Waals surface area contributed by atoms with Gasteiger partial charge in [0.25, 0.3) is 0 Å². The number of hydrogen-bond donors (Lipinski definition) is 0. The molecule has 0 aromatic rings. The zero-order valence-electron chi connectivity index (χ0n) is 9.53. The largest absolute Gasteiger partial charge is 0.0995 e. The zero-order valence-corrected chi connectivity index (χ0v) is 9.53. The van der Waals surface area contributed by atoms with Crippen molar-refractivity contribution in [3.8, 4) is 0 Å². The van der Waals surface area contributed by atoms with E-state index in [4.69, 9.17) is 0 Å². The maximum absolute atomic E-state index is 4.08. The molecule has 0 aromatic carbocycles. The van der Waals surface area contributed by atoms with Gasteiger partial charge in [0.2, 0.25) is 0 Å². The SMILES string of the molecule is C=C(CC=C(C)CCC)CCCC. The Labute approximate surface area is 83.7 Å². The Bertz CT molecular complexity index is 163. The van der Waals surface area contributed by atoms with Gasteiger partial charge in [0, 0.05) is 0 Å². The van der Waals surface area contributed by atoms with Crippen LogP contribution < -0.4 is 0 Å². The van der Waals surface area contributed by atoms with Gasteiger partial charge in [0.05, 0.1) is 0 Å². The topological polar surface area (TPSA) is 0 Å². The highest BCUT2D eigenvalue weighted by atomic mass is 14.0. The average molecular weight is 180 g/mol. The summed E-state index contributed by atoms with van der Waals surface area (Å²) >= 11 is 0. The molecule has 0 aliphatic carbocycles. The van der Waals surface area contributed by atoms with E-state index in [0.717, 1.165) is 6.42 Å². The van der Waals surface area contributed by atoms with Crippen LogP contribution in [0.2, 0.25) is 0 Å². The molecule has 0 aliphatic rings. The van der Waals surface area contributed by atoms with E-state index in [9.17, 15) is 0 Å². The van der Waals surface area contributed by atoms with Crippen molar-refractivity contribution in [3.63, 3.8) is 0 Å². The molecule has 0 saturated heterocycles. The first-order chi connectivity index (χ1) is 6.20. The Kier molecular flexibility index (Phi) is 7.77. The lowest BCUT2D eigenvalue weighted by Crippen LogP contribution is -1.82. The summed E-state index contributed by atoms with van der Waals surface area (Å²) in [5.74, 6) is 0. The van der Waals surface area contributed by atoms with Gasteiger partial charge < -0.3 is 0 Å². The minimum absolute atomic E-state index is 1.09. The van der Waals surface area contributed by atoms with E-state index in [1.54, 1.807) is 0 Å². The third kappa shape index (κ3) is 7.83. The van der Waals surface area contributed by atoms with Crippen molar-refractivity contribution in [1.29, 1.82) is 0 Å². The van der Waals surface area contributed by atoms with Crippen LogP contribution in [0, 0.1) is 0 Å². The third-order valence-corrected chi connectivity index (χ3v) is 2.27. The molecule has 0 nitrogen and oxygen atoms in total. The molecule has 0 saturated carbocycles. The normalized spacial score (nSPS) is 11.8. The van der Waals surface area contributed by atoms with E-state index in [2.05, 4.69) is 33.4 Å². The lowest BCUT2D eigenvalue weighted by atomic mass is 10.0. The molecular formula is C13H24. The number of rotatable bonds is 7. The van der Waals surface area contributed by atoms with Crippen LogP contribution in [-0.2, 0) is 0 Å². The molecule has 76 valence electrons. The summed E-state index contributed by atoms with van der Waals surface area (Å²) in [6.07, 6.45) is 9.68. The van der Waals surface area contributed by atoms with E-state index in [1.165, 1.54) is 43.3 Å². The second-order valence-corrected chi connectivity index (χ2v) is 3.86. The Morgan fingerprint density at radius 2 is 1.85 bits per heavy atom. The summed E-state index contributed by atoms with van der Waals surface area (Å²) in [5.41, 5.74) is 2.90. The summed E-state index contributed by atoms with van der Waals surface area (Å²) in [5, 5.41) is 0. The Hall–Kier alpha value is -0.520. The summed E-state index contributed by atoms with van der Waals surface area (Å²) in [6.45, 7) is 10.8. The van der Waals surface area contributed by atoms with Crippen molar-refractivity contribution in [3.05, 3.63) is 23.8 Å². The van der Waals surface area contributed by atoms with Crippen molar-refractivity contribution in [2.45, 2.75) is 59.3 Å². The smallest absolute Gasteiger partial charge is 0.0139 e. The first-order valence-corrected chi connectivity index (χ1v) is 5.53. The number of allylic oxidation sites excluding steroid dienone is 3. The first-order valence-electron chi connectivity index (χ1n) is 5.53. The van der Waals surface area contributed by atoms with E-state index in [1.807, 2.05) is 0 Å². The van der Waals surface area contributed by atoms with Crippen molar-refractivity contribution in [2.24, 2.45) is 0 Å². The van der Waals surface area contributed by atoms with Gasteiger partial charge in [-0.3, -0.25) is 0 Å². The highest BCUT2D eigenvalue weighted by Gasteiger charge is 1.92. The molecule has 0 fully saturated rings. The van der Waals surface area contributed by atoms with Crippen LogP contribution in [0.5, 0.6) is 0 Å². The van der Waals surface area contributed by atoms with Crippen LogP contribution in [0.3, 0.4) is 0 Å². The van der Waals surface area contributed by atoms with E-state index in [0.29, 0.717) is 0 Å². The molecule has 0 unspecified atom stereocenters. The van der Waals surface area contributed by atoms with Gasteiger partial charge >= 0.3 is 0 Å².